The number of nitrogens with zero attached hydrogens (tertiary/aromatic N) is 2. The average molecular weight is 461 g/mol. The molecule has 0 bridgehead atoms. The van der Waals surface area contributed by atoms with E-state index in [1.165, 1.54) is 5.01 Å². The Labute approximate surface area is 198 Å². The molecule has 3 aliphatic rings. The molecule has 5 rings (SSSR count). The second-order valence-corrected chi connectivity index (χ2v) is 8.90. The average Bonchev–Trinajstić information content (AvgIpc) is 2.87. The quantitative estimate of drug-likeness (QED) is 0.670. The van der Waals surface area contributed by atoms with Crippen LogP contribution in [0.25, 0.3) is 0 Å². The largest absolute Gasteiger partial charge is 0.379 e. The third kappa shape index (κ3) is 4.73. The molecule has 1 aliphatic carbocycles. The minimum absolute atomic E-state index is 0.151. The van der Waals surface area contributed by atoms with E-state index in [0.29, 0.717) is 29.8 Å². The van der Waals surface area contributed by atoms with Gasteiger partial charge in [-0.25, -0.2) is 5.01 Å². The first-order valence-corrected chi connectivity index (χ1v) is 11.7. The van der Waals surface area contributed by atoms with Crippen molar-refractivity contribution in [1.82, 2.24) is 10.3 Å². The molecule has 0 saturated carbocycles. The van der Waals surface area contributed by atoms with E-state index in [-0.39, 0.29) is 29.6 Å². The molecule has 2 heterocycles. The zero-order chi connectivity index (χ0) is 23.5. The molecule has 2 saturated heterocycles. The molecule has 8 nitrogen and oxygen atoms in total. The van der Waals surface area contributed by atoms with Crippen LogP contribution in [-0.4, -0.2) is 48.9 Å². The molecule has 2 unspecified atom stereocenters. The maximum atomic E-state index is 13.0. The first-order chi connectivity index (χ1) is 16.6. The zero-order valence-corrected chi connectivity index (χ0v) is 18.9. The van der Waals surface area contributed by atoms with Crippen molar-refractivity contribution in [2.75, 3.05) is 36.6 Å². The van der Waals surface area contributed by atoms with Crippen LogP contribution in [-0.2, 0) is 20.9 Å². The van der Waals surface area contributed by atoms with Gasteiger partial charge in [-0.05, 0) is 48.7 Å². The molecule has 0 radical (unpaired) electrons. The van der Waals surface area contributed by atoms with Gasteiger partial charge in [0.15, 0.2) is 0 Å². The Kier molecular flexibility index (Phi) is 6.42. The molecule has 2 atom stereocenters. The highest BCUT2D eigenvalue weighted by Gasteiger charge is 2.42. The summed E-state index contributed by atoms with van der Waals surface area (Å²) < 4.78 is 5.41. The van der Waals surface area contributed by atoms with Crippen molar-refractivity contribution in [3.8, 4) is 0 Å². The second-order valence-electron chi connectivity index (χ2n) is 8.90. The molecule has 2 aromatic rings. The van der Waals surface area contributed by atoms with Gasteiger partial charge < -0.3 is 10.1 Å². The molecule has 2 fully saturated rings. The van der Waals surface area contributed by atoms with E-state index in [4.69, 9.17) is 4.74 Å². The number of nitrogens with one attached hydrogen (secondary N) is 2. The monoisotopic (exact) mass is 460 g/mol. The van der Waals surface area contributed by atoms with Crippen LogP contribution in [0, 0.1) is 11.8 Å². The third-order valence-corrected chi connectivity index (χ3v) is 6.59. The number of carbonyl (C=O) groups excluding carboxylic acids is 3. The second kappa shape index (κ2) is 9.79. The fourth-order valence-corrected chi connectivity index (χ4v) is 4.74. The molecular formula is C26H28N4O4. The van der Waals surface area contributed by atoms with Gasteiger partial charge in [0.05, 0.1) is 30.7 Å². The van der Waals surface area contributed by atoms with Crippen LogP contribution >= 0.6 is 0 Å². The number of rotatable bonds is 5. The lowest BCUT2D eigenvalue weighted by molar-refractivity contribution is -0.139. The lowest BCUT2D eigenvalue weighted by Gasteiger charge is -2.38. The highest BCUT2D eigenvalue weighted by atomic mass is 16.5. The van der Waals surface area contributed by atoms with Crippen LogP contribution in [0.2, 0.25) is 0 Å². The van der Waals surface area contributed by atoms with Crippen LogP contribution in [0.4, 0.5) is 11.4 Å². The molecular weight excluding hydrogens is 432 g/mol. The highest BCUT2D eigenvalue weighted by molar-refractivity contribution is 6.07. The number of carbonyl (C=O) groups is 3. The number of allylic oxidation sites excluding steroid dienone is 2. The molecule has 2 N–H and O–H groups in total. The molecule has 2 aliphatic heterocycles. The van der Waals surface area contributed by atoms with E-state index >= 15 is 0 Å². The number of anilines is 2. The predicted octanol–water partition coefficient (Wildman–Crippen LogP) is 2.73. The lowest BCUT2D eigenvalue weighted by atomic mass is 9.80. The summed E-state index contributed by atoms with van der Waals surface area (Å²) >= 11 is 0. The standard InChI is InChI=1S/C26H28N4O4/c31-24(27-20-7-3-5-18(15-20)17-29-11-13-34-14-12-29)19-6-4-8-21(16-19)30-26(33)23-10-2-1-9-22(23)25(32)28-30/h1-8,15-16,22-23H,9-14,17H2,(H,27,31)(H,28,32). The maximum absolute atomic E-state index is 13.0. The first kappa shape index (κ1) is 22.3. The number of amides is 3. The third-order valence-electron chi connectivity index (χ3n) is 6.59. The van der Waals surface area contributed by atoms with E-state index < -0.39 is 0 Å². The Bertz CT molecular complexity index is 1130. The number of hydrogen-bond donors (Lipinski definition) is 2. The first-order valence-electron chi connectivity index (χ1n) is 11.7. The Morgan fingerprint density at radius 2 is 1.76 bits per heavy atom. The van der Waals surface area contributed by atoms with Crippen molar-refractivity contribution < 1.29 is 19.1 Å². The van der Waals surface area contributed by atoms with Crippen LogP contribution in [0.5, 0.6) is 0 Å². The Morgan fingerprint density at radius 1 is 1.00 bits per heavy atom. The number of benzene rings is 2. The summed E-state index contributed by atoms with van der Waals surface area (Å²) in [4.78, 5) is 40.9. The summed E-state index contributed by atoms with van der Waals surface area (Å²) in [5, 5.41) is 4.23. The van der Waals surface area contributed by atoms with Gasteiger partial charge >= 0.3 is 0 Å². The zero-order valence-electron chi connectivity index (χ0n) is 18.9. The maximum Gasteiger partial charge on any atom is 0.255 e. The normalized spacial score (nSPS) is 22.8. The van der Waals surface area contributed by atoms with E-state index in [9.17, 15) is 14.4 Å². The van der Waals surface area contributed by atoms with Crippen LogP contribution in [0.1, 0.15) is 28.8 Å². The number of hydrogen-bond acceptors (Lipinski definition) is 5. The number of ether oxygens (including phenoxy) is 1. The van der Waals surface area contributed by atoms with Gasteiger partial charge in [0, 0.05) is 30.9 Å². The van der Waals surface area contributed by atoms with Gasteiger partial charge in [-0.3, -0.25) is 24.7 Å². The molecule has 0 spiro atoms. The summed E-state index contributed by atoms with van der Waals surface area (Å²) in [6, 6.07) is 14.6. The smallest absolute Gasteiger partial charge is 0.255 e. The molecule has 0 aromatic heterocycles. The van der Waals surface area contributed by atoms with Crippen LogP contribution in [0.3, 0.4) is 0 Å². The van der Waals surface area contributed by atoms with Gasteiger partial charge in [-0.1, -0.05) is 30.4 Å². The Balaban J connectivity index is 1.28. The summed E-state index contributed by atoms with van der Waals surface area (Å²) in [5.74, 6) is -1.29. The van der Waals surface area contributed by atoms with Gasteiger partial charge in [0.2, 0.25) is 11.8 Å². The number of fused-ring (bicyclic) bond motifs is 1. The topological polar surface area (TPSA) is 91.0 Å². The summed E-state index contributed by atoms with van der Waals surface area (Å²) in [6.07, 6.45) is 5.02. The lowest BCUT2D eigenvalue weighted by Crippen LogP contribution is -2.59. The van der Waals surface area contributed by atoms with Crippen molar-refractivity contribution in [1.29, 1.82) is 0 Å². The number of hydrazine groups is 1. The predicted molar refractivity (Wildman–Crippen MR) is 128 cm³/mol. The minimum atomic E-state index is -0.370. The van der Waals surface area contributed by atoms with Gasteiger partial charge in [-0.2, -0.15) is 0 Å². The molecule has 3 amide bonds. The highest BCUT2D eigenvalue weighted by Crippen LogP contribution is 2.32. The van der Waals surface area contributed by atoms with Crippen molar-refractivity contribution in [3.63, 3.8) is 0 Å². The molecule has 176 valence electrons. The van der Waals surface area contributed by atoms with E-state index in [2.05, 4.69) is 15.6 Å². The van der Waals surface area contributed by atoms with Gasteiger partial charge in [-0.15, -0.1) is 0 Å². The fraction of sp³-hybridized carbons (Fsp3) is 0.346. The van der Waals surface area contributed by atoms with Gasteiger partial charge in [0.1, 0.15) is 0 Å². The van der Waals surface area contributed by atoms with Crippen molar-refractivity contribution in [3.05, 3.63) is 71.8 Å². The van der Waals surface area contributed by atoms with E-state index in [0.717, 1.165) is 38.4 Å². The molecule has 34 heavy (non-hydrogen) atoms. The van der Waals surface area contributed by atoms with Gasteiger partial charge in [0.25, 0.3) is 5.91 Å². The van der Waals surface area contributed by atoms with Crippen molar-refractivity contribution >= 4 is 29.1 Å². The van der Waals surface area contributed by atoms with Crippen LogP contribution in [0.15, 0.2) is 60.7 Å². The summed E-state index contributed by atoms with van der Waals surface area (Å²) in [5.41, 5.74) is 5.41. The Hall–Kier alpha value is -3.49. The Morgan fingerprint density at radius 3 is 2.59 bits per heavy atom. The summed E-state index contributed by atoms with van der Waals surface area (Å²) in [7, 11) is 0. The SMILES string of the molecule is O=C(Nc1cccc(CN2CCOCC2)c1)c1cccc(N2NC(=O)C3CC=CCC3C2=O)c1. The molecule has 8 heteroatoms. The molecule has 2 aromatic carbocycles. The van der Waals surface area contributed by atoms with Crippen molar-refractivity contribution in [2.45, 2.75) is 19.4 Å². The fourth-order valence-electron chi connectivity index (χ4n) is 4.74. The van der Waals surface area contributed by atoms with Crippen molar-refractivity contribution in [2.24, 2.45) is 11.8 Å². The van der Waals surface area contributed by atoms with E-state index in [1.807, 2.05) is 36.4 Å². The summed E-state index contributed by atoms with van der Waals surface area (Å²) in [6.45, 7) is 4.08. The van der Waals surface area contributed by atoms with Crippen LogP contribution < -0.4 is 15.8 Å². The van der Waals surface area contributed by atoms with E-state index in [1.54, 1.807) is 24.3 Å². The number of morpholine rings is 1. The minimum Gasteiger partial charge on any atom is -0.379 e.